The van der Waals surface area contributed by atoms with Gasteiger partial charge in [0.1, 0.15) is 0 Å². The third-order valence-electron chi connectivity index (χ3n) is 3.09. The molecule has 0 spiro atoms. The van der Waals surface area contributed by atoms with Crippen molar-refractivity contribution in [1.29, 1.82) is 0 Å². The van der Waals surface area contributed by atoms with Gasteiger partial charge in [-0.3, -0.25) is 4.79 Å². The van der Waals surface area contributed by atoms with Crippen molar-refractivity contribution >= 4 is 37.8 Å². The Morgan fingerprint density at radius 2 is 2.17 bits per heavy atom. The summed E-state index contributed by atoms with van der Waals surface area (Å²) in [6, 6.07) is 6.33. The zero-order valence-electron chi connectivity index (χ0n) is 10.2. The van der Waals surface area contributed by atoms with Gasteiger partial charge in [-0.15, -0.1) is 0 Å². The minimum absolute atomic E-state index is 0.0348. The van der Waals surface area contributed by atoms with Crippen molar-refractivity contribution in [3.05, 3.63) is 32.7 Å². The van der Waals surface area contributed by atoms with Crippen LogP contribution < -0.4 is 5.32 Å². The Balaban J connectivity index is 1.85. The number of hydrogen-bond donors (Lipinski definition) is 1. The zero-order valence-corrected chi connectivity index (χ0v) is 13.4. The maximum Gasteiger partial charge on any atom is 0.252 e. The SMILES string of the molecule is CN(CCNC(=O)c1cc(Br)ccc1Br)C1CC1. The largest absolute Gasteiger partial charge is 0.351 e. The monoisotopic (exact) mass is 374 g/mol. The van der Waals surface area contributed by atoms with Crippen LogP contribution in [0, 0.1) is 0 Å². The van der Waals surface area contributed by atoms with E-state index in [1.807, 2.05) is 18.2 Å². The molecule has 18 heavy (non-hydrogen) atoms. The molecule has 3 nitrogen and oxygen atoms in total. The zero-order chi connectivity index (χ0) is 13.1. The van der Waals surface area contributed by atoms with Gasteiger partial charge < -0.3 is 10.2 Å². The number of nitrogens with one attached hydrogen (secondary N) is 1. The van der Waals surface area contributed by atoms with Crippen LogP contribution in [0.2, 0.25) is 0 Å². The highest BCUT2D eigenvalue weighted by Crippen LogP contribution is 2.24. The first-order chi connectivity index (χ1) is 8.58. The fourth-order valence-corrected chi connectivity index (χ4v) is 2.60. The minimum Gasteiger partial charge on any atom is -0.351 e. The number of amides is 1. The lowest BCUT2D eigenvalue weighted by Crippen LogP contribution is -2.34. The first kappa shape index (κ1) is 14.0. The van der Waals surface area contributed by atoms with Gasteiger partial charge in [0.2, 0.25) is 0 Å². The number of likely N-dealkylation sites (N-methyl/N-ethyl adjacent to an activating group) is 1. The van der Waals surface area contributed by atoms with Gasteiger partial charge in [-0.05, 0) is 54.0 Å². The summed E-state index contributed by atoms with van der Waals surface area (Å²) in [7, 11) is 2.11. The molecule has 1 aromatic carbocycles. The van der Waals surface area contributed by atoms with E-state index in [9.17, 15) is 4.79 Å². The van der Waals surface area contributed by atoms with Gasteiger partial charge in [-0.2, -0.15) is 0 Å². The van der Waals surface area contributed by atoms with Crippen molar-refractivity contribution in [3.63, 3.8) is 0 Å². The normalized spacial score (nSPS) is 14.9. The molecule has 1 aliphatic rings. The second-order valence-corrected chi connectivity index (χ2v) is 6.36. The first-order valence-electron chi connectivity index (χ1n) is 6.01. The second kappa shape index (κ2) is 6.17. The van der Waals surface area contributed by atoms with E-state index in [1.54, 1.807) is 0 Å². The van der Waals surface area contributed by atoms with Crippen molar-refractivity contribution in [3.8, 4) is 0 Å². The number of halogens is 2. The number of rotatable bonds is 5. The Bertz CT molecular complexity index is 447. The molecule has 0 unspecified atom stereocenters. The molecule has 1 aliphatic carbocycles. The molecule has 0 aliphatic heterocycles. The quantitative estimate of drug-likeness (QED) is 0.857. The minimum atomic E-state index is -0.0348. The Hall–Kier alpha value is -0.390. The van der Waals surface area contributed by atoms with E-state index in [0.717, 1.165) is 21.5 Å². The van der Waals surface area contributed by atoms with E-state index in [1.165, 1.54) is 12.8 Å². The van der Waals surface area contributed by atoms with Crippen LogP contribution in [0.5, 0.6) is 0 Å². The average Bonchev–Trinajstić information content (AvgIpc) is 3.16. The van der Waals surface area contributed by atoms with Crippen LogP contribution in [-0.2, 0) is 0 Å². The van der Waals surface area contributed by atoms with Crippen molar-refractivity contribution in [2.24, 2.45) is 0 Å². The molecule has 0 atom stereocenters. The summed E-state index contributed by atoms with van der Waals surface area (Å²) in [5.41, 5.74) is 0.665. The number of carbonyl (C=O) groups excluding carboxylic acids is 1. The summed E-state index contributed by atoms with van der Waals surface area (Å²) in [6.07, 6.45) is 2.59. The fraction of sp³-hybridized carbons (Fsp3) is 0.462. The van der Waals surface area contributed by atoms with E-state index in [0.29, 0.717) is 12.1 Å². The van der Waals surface area contributed by atoms with Crippen molar-refractivity contribution in [2.45, 2.75) is 18.9 Å². The highest BCUT2D eigenvalue weighted by molar-refractivity contribution is 9.11. The predicted octanol–water partition coefficient (Wildman–Crippen LogP) is 3.04. The standard InChI is InChI=1S/C13H16Br2N2O/c1-17(10-3-4-10)7-6-16-13(18)11-8-9(14)2-5-12(11)15/h2,5,8,10H,3-4,6-7H2,1H3,(H,16,18). The van der Waals surface area contributed by atoms with Crippen LogP contribution in [-0.4, -0.2) is 37.0 Å². The molecule has 98 valence electrons. The average molecular weight is 376 g/mol. The van der Waals surface area contributed by atoms with Crippen LogP contribution in [0.25, 0.3) is 0 Å². The van der Waals surface area contributed by atoms with Crippen LogP contribution in [0.15, 0.2) is 27.1 Å². The molecule has 5 heteroatoms. The Morgan fingerprint density at radius 1 is 1.44 bits per heavy atom. The number of hydrogen-bond acceptors (Lipinski definition) is 2. The van der Waals surface area contributed by atoms with Crippen LogP contribution in [0.1, 0.15) is 23.2 Å². The Morgan fingerprint density at radius 3 is 2.83 bits per heavy atom. The van der Waals surface area contributed by atoms with Gasteiger partial charge in [0.05, 0.1) is 5.56 Å². The number of benzene rings is 1. The van der Waals surface area contributed by atoms with E-state index in [-0.39, 0.29) is 5.91 Å². The molecule has 1 aromatic rings. The number of carbonyl (C=O) groups is 1. The van der Waals surface area contributed by atoms with Gasteiger partial charge in [-0.25, -0.2) is 0 Å². The lowest BCUT2D eigenvalue weighted by molar-refractivity contribution is 0.0948. The van der Waals surface area contributed by atoms with E-state index in [4.69, 9.17) is 0 Å². The van der Waals surface area contributed by atoms with Gasteiger partial charge in [0.25, 0.3) is 5.91 Å². The summed E-state index contributed by atoms with van der Waals surface area (Å²) >= 11 is 6.77. The summed E-state index contributed by atoms with van der Waals surface area (Å²) < 4.78 is 1.73. The van der Waals surface area contributed by atoms with E-state index in [2.05, 4.69) is 49.1 Å². The molecule has 1 saturated carbocycles. The molecule has 1 fully saturated rings. The molecular weight excluding hydrogens is 360 g/mol. The molecule has 1 N–H and O–H groups in total. The van der Waals surface area contributed by atoms with Crippen LogP contribution in [0.4, 0.5) is 0 Å². The predicted molar refractivity (Wildman–Crippen MR) is 79.8 cm³/mol. The molecule has 0 saturated heterocycles. The lowest BCUT2D eigenvalue weighted by Gasteiger charge is -2.16. The van der Waals surface area contributed by atoms with Gasteiger partial charge in [0, 0.05) is 28.1 Å². The van der Waals surface area contributed by atoms with Crippen LogP contribution >= 0.6 is 31.9 Å². The summed E-state index contributed by atoms with van der Waals surface area (Å²) in [5.74, 6) is -0.0348. The second-order valence-electron chi connectivity index (χ2n) is 4.59. The molecular formula is C13H16Br2N2O. The lowest BCUT2D eigenvalue weighted by atomic mass is 10.2. The molecule has 0 radical (unpaired) electrons. The summed E-state index contributed by atoms with van der Waals surface area (Å²) in [4.78, 5) is 14.3. The fourth-order valence-electron chi connectivity index (χ4n) is 1.81. The number of nitrogens with zero attached hydrogens (tertiary/aromatic N) is 1. The van der Waals surface area contributed by atoms with Gasteiger partial charge in [-0.1, -0.05) is 15.9 Å². The van der Waals surface area contributed by atoms with Crippen molar-refractivity contribution < 1.29 is 4.79 Å². The van der Waals surface area contributed by atoms with Crippen molar-refractivity contribution in [2.75, 3.05) is 20.1 Å². The summed E-state index contributed by atoms with van der Waals surface area (Å²) in [6.45, 7) is 1.59. The Labute approximate surface area is 124 Å². The smallest absolute Gasteiger partial charge is 0.252 e. The van der Waals surface area contributed by atoms with Crippen molar-refractivity contribution in [1.82, 2.24) is 10.2 Å². The highest BCUT2D eigenvalue weighted by atomic mass is 79.9. The first-order valence-corrected chi connectivity index (χ1v) is 7.60. The third-order valence-corrected chi connectivity index (χ3v) is 4.28. The van der Waals surface area contributed by atoms with Crippen LogP contribution in [0.3, 0.4) is 0 Å². The molecule has 1 amide bonds. The van der Waals surface area contributed by atoms with Gasteiger partial charge >= 0.3 is 0 Å². The summed E-state index contributed by atoms with van der Waals surface area (Å²) in [5, 5.41) is 2.95. The molecule has 0 heterocycles. The highest BCUT2D eigenvalue weighted by Gasteiger charge is 2.25. The topological polar surface area (TPSA) is 32.3 Å². The Kier molecular flexibility index (Phi) is 4.81. The molecule has 2 rings (SSSR count). The maximum atomic E-state index is 12.0. The third kappa shape index (κ3) is 3.80. The van der Waals surface area contributed by atoms with E-state index < -0.39 is 0 Å². The van der Waals surface area contributed by atoms with E-state index >= 15 is 0 Å². The van der Waals surface area contributed by atoms with Gasteiger partial charge in [0.15, 0.2) is 0 Å². The molecule has 0 bridgehead atoms. The molecule has 0 aromatic heterocycles. The maximum absolute atomic E-state index is 12.0.